The Morgan fingerprint density at radius 2 is 1.81 bits per heavy atom. The quantitative estimate of drug-likeness (QED) is 0.760. The first-order valence-electron chi connectivity index (χ1n) is 5.71. The third kappa shape index (κ3) is 3.81. The molecule has 0 atom stereocenters. The van der Waals surface area contributed by atoms with Crippen LogP contribution in [0.1, 0.15) is 15.9 Å². The summed E-state index contributed by atoms with van der Waals surface area (Å²) in [6.07, 6.45) is -4.54. The van der Waals surface area contributed by atoms with Crippen molar-refractivity contribution in [2.45, 2.75) is 6.18 Å². The van der Waals surface area contributed by atoms with Crippen molar-refractivity contribution in [1.82, 2.24) is 0 Å². The number of hydrogen-bond acceptors (Lipinski definition) is 1. The average molecular weight is 362 g/mol. The van der Waals surface area contributed by atoms with Gasteiger partial charge in [-0.05, 0) is 36.4 Å². The van der Waals surface area contributed by atoms with E-state index in [1.165, 1.54) is 18.2 Å². The highest BCUT2D eigenvalue weighted by Crippen LogP contribution is 2.29. The lowest BCUT2D eigenvalue weighted by Crippen LogP contribution is -2.14. The van der Waals surface area contributed by atoms with Gasteiger partial charge in [0.15, 0.2) is 0 Å². The van der Waals surface area contributed by atoms with Gasteiger partial charge in [-0.15, -0.1) is 0 Å². The van der Waals surface area contributed by atoms with Crippen molar-refractivity contribution in [3.8, 4) is 0 Å². The maximum atomic E-state index is 13.6. The fourth-order valence-electron chi connectivity index (χ4n) is 1.62. The summed E-state index contributed by atoms with van der Waals surface area (Å²) in [6.45, 7) is 0. The zero-order valence-corrected chi connectivity index (χ0v) is 11.9. The summed E-state index contributed by atoms with van der Waals surface area (Å²) in [7, 11) is 0. The van der Waals surface area contributed by atoms with Crippen molar-refractivity contribution in [2.75, 3.05) is 5.32 Å². The first-order valence-corrected chi connectivity index (χ1v) is 6.50. The number of hydrogen-bond donors (Lipinski definition) is 1. The molecule has 2 rings (SSSR count). The molecule has 0 aliphatic heterocycles. The van der Waals surface area contributed by atoms with Gasteiger partial charge in [-0.1, -0.05) is 22.0 Å². The van der Waals surface area contributed by atoms with E-state index in [4.69, 9.17) is 0 Å². The molecule has 21 heavy (non-hydrogen) atoms. The largest absolute Gasteiger partial charge is 0.416 e. The maximum absolute atomic E-state index is 13.6. The summed E-state index contributed by atoms with van der Waals surface area (Å²) in [6, 6.07) is 7.87. The van der Waals surface area contributed by atoms with E-state index < -0.39 is 23.5 Å². The van der Waals surface area contributed by atoms with Gasteiger partial charge in [0.1, 0.15) is 5.82 Å². The van der Waals surface area contributed by atoms with Gasteiger partial charge < -0.3 is 5.32 Å². The number of alkyl halides is 3. The van der Waals surface area contributed by atoms with Crippen LogP contribution in [0, 0.1) is 5.82 Å². The van der Waals surface area contributed by atoms with E-state index in [9.17, 15) is 22.4 Å². The third-order valence-electron chi connectivity index (χ3n) is 2.63. The molecule has 1 amide bonds. The minimum atomic E-state index is -4.54. The molecule has 0 aliphatic rings. The molecule has 0 bridgehead atoms. The molecule has 2 aromatic carbocycles. The summed E-state index contributed by atoms with van der Waals surface area (Å²) in [5, 5.41) is 2.23. The average Bonchev–Trinajstić information content (AvgIpc) is 2.41. The van der Waals surface area contributed by atoms with Crippen LogP contribution in [0.15, 0.2) is 46.9 Å². The lowest BCUT2D eigenvalue weighted by atomic mass is 10.1. The molecular formula is C14H8BrF4NO. The van der Waals surface area contributed by atoms with Crippen LogP contribution >= 0.6 is 15.9 Å². The smallest absolute Gasteiger partial charge is 0.319 e. The SMILES string of the molecule is O=C(Nc1ccc(Br)cc1F)c1cccc(C(F)(F)F)c1. The molecule has 2 nitrogen and oxygen atoms in total. The Bertz CT molecular complexity index is 685. The molecule has 0 saturated heterocycles. The Labute approximate surface area is 125 Å². The Morgan fingerprint density at radius 1 is 1.10 bits per heavy atom. The van der Waals surface area contributed by atoms with Gasteiger partial charge >= 0.3 is 6.18 Å². The number of rotatable bonds is 2. The minimum absolute atomic E-state index is 0.111. The van der Waals surface area contributed by atoms with Crippen molar-refractivity contribution in [3.05, 3.63) is 63.9 Å². The Morgan fingerprint density at radius 3 is 2.43 bits per heavy atom. The number of halogens is 5. The first kappa shape index (κ1) is 15.5. The number of carbonyl (C=O) groups is 1. The predicted molar refractivity (Wildman–Crippen MR) is 73.5 cm³/mol. The Balaban J connectivity index is 2.25. The van der Waals surface area contributed by atoms with Crippen molar-refractivity contribution in [1.29, 1.82) is 0 Å². The summed E-state index contributed by atoms with van der Waals surface area (Å²) >= 11 is 3.06. The van der Waals surface area contributed by atoms with Crippen LogP contribution < -0.4 is 5.32 Å². The second-order valence-corrected chi connectivity index (χ2v) is 5.07. The highest BCUT2D eigenvalue weighted by atomic mass is 79.9. The third-order valence-corrected chi connectivity index (χ3v) is 3.12. The lowest BCUT2D eigenvalue weighted by Gasteiger charge is -2.10. The lowest BCUT2D eigenvalue weighted by molar-refractivity contribution is -0.137. The maximum Gasteiger partial charge on any atom is 0.416 e. The fourth-order valence-corrected chi connectivity index (χ4v) is 1.96. The zero-order valence-electron chi connectivity index (χ0n) is 10.3. The van der Waals surface area contributed by atoms with Crippen molar-refractivity contribution in [3.63, 3.8) is 0 Å². The molecule has 0 spiro atoms. The molecule has 0 unspecified atom stereocenters. The van der Waals surface area contributed by atoms with Crippen LogP contribution in [0.2, 0.25) is 0 Å². The summed E-state index contributed by atoms with van der Waals surface area (Å²) < 4.78 is 51.8. The zero-order chi connectivity index (χ0) is 15.6. The van der Waals surface area contributed by atoms with Crippen LogP contribution in [-0.4, -0.2) is 5.91 Å². The number of benzene rings is 2. The topological polar surface area (TPSA) is 29.1 Å². The van der Waals surface area contributed by atoms with E-state index in [0.29, 0.717) is 10.5 Å². The second-order valence-electron chi connectivity index (χ2n) is 4.16. The van der Waals surface area contributed by atoms with Gasteiger partial charge in [0, 0.05) is 10.0 Å². The molecule has 0 saturated carbocycles. The van der Waals surface area contributed by atoms with Crippen molar-refractivity contribution in [2.24, 2.45) is 0 Å². The second kappa shape index (κ2) is 5.85. The summed E-state index contributed by atoms with van der Waals surface area (Å²) in [5.74, 6) is -1.51. The van der Waals surface area contributed by atoms with Gasteiger partial charge in [-0.2, -0.15) is 13.2 Å². The molecule has 0 radical (unpaired) electrons. The number of carbonyl (C=O) groups excluding carboxylic acids is 1. The monoisotopic (exact) mass is 361 g/mol. The predicted octanol–water partition coefficient (Wildman–Crippen LogP) is 4.86. The fraction of sp³-hybridized carbons (Fsp3) is 0.0714. The van der Waals surface area contributed by atoms with Gasteiger partial charge in [-0.3, -0.25) is 4.79 Å². The molecule has 7 heteroatoms. The van der Waals surface area contributed by atoms with Crippen LogP contribution in [0.3, 0.4) is 0 Å². The van der Waals surface area contributed by atoms with E-state index >= 15 is 0 Å². The normalized spacial score (nSPS) is 11.3. The molecule has 0 aromatic heterocycles. The van der Waals surface area contributed by atoms with Gasteiger partial charge in [0.25, 0.3) is 5.91 Å². The molecule has 110 valence electrons. The van der Waals surface area contributed by atoms with E-state index in [1.807, 2.05) is 0 Å². The number of amides is 1. The van der Waals surface area contributed by atoms with Crippen LogP contribution in [-0.2, 0) is 6.18 Å². The van der Waals surface area contributed by atoms with Crippen molar-refractivity contribution >= 4 is 27.5 Å². The molecule has 0 heterocycles. The molecular weight excluding hydrogens is 354 g/mol. The van der Waals surface area contributed by atoms with Gasteiger partial charge in [-0.25, -0.2) is 4.39 Å². The Hall–Kier alpha value is -1.89. The van der Waals surface area contributed by atoms with Crippen LogP contribution in [0.5, 0.6) is 0 Å². The van der Waals surface area contributed by atoms with E-state index in [0.717, 1.165) is 18.2 Å². The van der Waals surface area contributed by atoms with Gasteiger partial charge in [0.05, 0.1) is 11.3 Å². The van der Waals surface area contributed by atoms with Gasteiger partial charge in [0.2, 0.25) is 0 Å². The van der Waals surface area contributed by atoms with Crippen LogP contribution in [0.4, 0.5) is 23.2 Å². The summed E-state index contributed by atoms with van der Waals surface area (Å²) in [5.41, 5.74) is -1.25. The first-order chi connectivity index (χ1) is 9.77. The van der Waals surface area contributed by atoms with E-state index in [-0.39, 0.29) is 11.3 Å². The van der Waals surface area contributed by atoms with E-state index in [2.05, 4.69) is 21.2 Å². The van der Waals surface area contributed by atoms with E-state index in [1.54, 1.807) is 0 Å². The highest BCUT2D eigenvalue weighted by Gasteiger charge is 2.30. The molecule has 2 aromatic rings. The summed E-state index contributed by atoms with van der Waals surface area (Å²) in [4.78, 5) is 11.9. The number of anilines is 1. The van der Waals surface area contributed by atoms with Crippen LogP contribution in [0.25, 0.3) is 0 Å². The molecule has 0 fully saturated rings. The standard InChI is InChI=1S/C14H8BrF4NO/c15-10-4-5-12(11(16)7-10)20-13(21)8-2-1-3-9(6-8)14(17,18)19/h1-7H,(H,20,21). The minimum Gasteiger partial charge on any atom is -0.319 e. The van der Waals surface area contributed by atoms with Crippen molar-refractivity contribution < 1.29 is 22.4 Å². The molecule has 0 aliphatic carbocycles. The Kier molecular flexibility index (Phi) is 4.32. The number of nitrogens with one attached hydrogen (secondary N) is 1. The highest BCUT2D eigenvalue weighted by molar-refractivity contribution is 9.10. The molecule has 1 N–H and O–H groups in total.